The first-order valence-electron chi connectivity index (χ1n) is 5.59. The monoisotopic (exact) mass is 268 g/mol. The summed E-state index contributed by atoms with van der Waals surface area (Å²) < 4.78 is 1.03. The molecule has 0 aromatic heterocycles. The molecule has 1 aliphatic rings. The van der Waals surface area contributed by atoms with Crippen LogP contribution in [0.3, 0.4) is 0 Å². The Morgan fingerprint density at radius 2 is 2.13 bits per heavy atom. The van der Waals surface area contributed by atoms with Gasteiger partial charge in [0.05, 0.1) is 5.60 Å². The maximum atomic E-state index is 10.7. The van der Waals surface area contributed by atoms with Gasteiger partial charge in [0, 0.05) is 4.47 Å². The van der Waals surface area contributed by atoms with Gasteiger partial charge in [-0.15, -0.1) is 0 Å². The normalized spacial score (nSPS) is 31.5. The second-order valence-electron chi connectivity index (χ2n) is 4.71. The predicted octanol–water partition coefficient (Wildman–Crippen LogP) is 3.85. The topological polar surface area (TPSA) is 20.2 Å². The molecule has 1 fully saturated rings. The van der Waals surface area contributed by atoms with Crippen LogP contribution in [-0.2, 0) is 5.60 Å². The van der Waals surface area contributed by atoms with Crippen LogP contribution >= 0.6 is 15.9 Å². The molecule has 2 atom stereocenters. The molecule has 82 valence electrons. The van der Waals surface area contributed by atoms with E-state index in [9.17, 15) is 5.11 Å². The Morgan fingerprint density at radius 1 is 1.40 bits per heavy atom. The fraction of sp³-hybridized carbons (Fsp3) is 0.538. The van der Waals surface area contributed by atoms with Crippen molar-refractivity contribution in [3.05, 3.63) is 34.3 Å². The maximum Gasteiger partial charge on any atom is 0.0910 e. The number of aliphatic hydroxyl groups is 1. The van der Waals surface area contributed by atoms with Crippen LogP contribution in [0.2, 0.25) is 0 Å². The lowest BCUT2D eigenvalue weighted by atomic mass is 9.75. The Hall–Kier alpha value is -0.340. The third kappa shape index (κ3) is 2.26. The summed E-state index contributed by atoms with van der Waals surface area (Å²) in [6.45, 7) is 2.22. The van der Waals surface area contributed by atoms with Gasteiger partial charge in [0.15, 0.2) is 0 Å². The minimum Gasteiger partial charge on any atom is -0.385 e. The van der Waals surface area contributed by atoms with Crippen LogP contribution in [0.1, 0.15) is 38.2 Å². The number of benzene rings is 1. The number of hydrogen-bond acceptors (Lipinski definition) is 1. The van der Waals surface area contributed by atoms with E-state index in [-0.39, 0.29) is 0 Å². The van der Waals surface area contributed by atoms with Crippen LogP contribution in [0.5, 0.6) is 0 Å². The first kappa shape index (κ1) is 11.2. The van der Waals surface area contributed by atoms with E-state index >= 15 is 0 Å². The molecule has 2 rings (SSSR count). The smallest absolute Gasteiger partial charge is 0.0910 e. The summed E-state index contributed by atoms with van der Waals surface area (Å²) >= 11 is 3.53. The molecule has 0 radical (unpaired) electrons. The van der Waals surface area contributed by atoms with E-state index < -0.39 is 5.60 Å². The SMILES string of the molecule is C[C@H]1CCC[C@@](O)(c2ccccc2Br)C1. The summed E-state index contributed by atoms with van der Waals surface area (Å²) in [4.78, 5) is 0. The molecule has 0 saturated heterocycles. The van der Waals surface area contributed by atoms with Crippen molar-refractivity contribution in [2.45, 2.75) is 38.2 Å². The van der Waals surface area contributed by atoms with Gasteiger partial charge in [-0.1, -0.05) is 47.5 Å². The Morgan fingerprint density at radius 3 is 2.80 bits per heavy atom. The molecule has 1 aliphatic carbocycles. The molecular formula is C13H17BrO. The largest absolute Gasteiger partial charge is 0.385 e. The molecule has 15 heavy (non-hydrogen) atoms. The second kappa shape index (κ2) is 4.26. The molecule has 1 N–H and O–H groups in total. The summed E-state index contributed by atoms with van der Waals surface area (Å²) in [6.07, 6.45) is 4.14. The van der Waals surface area contributed by atoms with Crippen molar-refractivity contribution in [2.24, 2.45) is 5.92 Å². The molecule has 0 aliphatic heterocycles. The summed E-state index contributed by atoms with van der Waals surface area (Å²) in [5.74, 6) is 0.621. The third-order valence-corrected chi connectivity index (χ3v) is 4.04. The molecule has 1 saturated carbocycles. The van der Waals surface area contributed by atoms with Crippen LogP contribution in [0.4, 0.5) is 0 Å². The Labute approximate surface area is 99.6 Å². The first-order valence-corrected chi connectivity index (χ1v) is 6.38. The fourth-order valence-corrected chi connectivity index (χ4v) is 3.26. The van der Waals surface area contributed by atoms with E-state index in [0.29, 0.717) is 5.92 Å². The Bertz CT molecular complexity index is 350. The van der Waals surface area contributed by atoms with Gasteiger partial charge in [0.25, 0.3) is 0 Å². The highest BCUT2D eigenvalue weighted by molar-refractivity contribution is 9.10. The molecule has 1 nitrogen and oxygen atoms in total. The molecular weight excluding hydrogens is 252 g/mol. The highest BCUT2D eigenvalue weighted by atomic mass is 79.9. The zero-order valence-corrected chi connectivity index (χ0v) is 10.6. The van der Waals surface area contributed by atoms with Crippen molar-refractivity contribution in [1.82, 2.24) is 0 Å². The maximum absolute atomic E-state index is 10.7. The van der Waals surface area contributed by atoms with Crippen molar-refractivity contribution < 1.29 is 5.11 Å². The van der Waals surface area contributed by atoms with Crippen molar-refractivity contribution >= 4 is 15.9 Å². The molecule has 0 heterocycles. The quantitative estimate of drug-likeness (QED) is 0.821. The molecule has 0 amide bonds. The average Bonchev–Trinajstić information content (AvgIpc) is 2.17. The van der Waals surface area contributed by atoms with Crippen LogP contribution < -0.4 is 0 Å². The van der Waals surface area contributed by atoms with Gasteiger partial charge in [-0.2, -0.15) is 0 Å². The molecule has 0 spiro atoms. The minimum absolute atomic E-state index is 0.613. The number of halogens is 1. The second-order valence-corrected chi connectivity index (χ2v) is 5.57. The van der Waals surface area contributed by atoms with Gasteiger partial charge in [-0.3, -0.25) is 0 Å². The van der Waals surface area contributed by atoms with E-state index in [4.69, 9.17) is 0 Å². The third-order valence-electron chi connectivity index (χ3n) is 3.35. The van der Waals surface area contributed by atoms with Crippen molar-refractivity contribution in [3.63, 3.8) is 0 Å². The lowest BCUT2D eigenvalue weighted by Crippen LogP contribution is -2.32. The fourth-order valence-electron chi connectivity index (χ4n) is 2.61. The highest BCUT2D eigenvalue weighted by Gasteiger charge is 2.35. The minimum atomic E-state index is -0.613. The Balaban J connectivity index is 2.32. The van der Waals surface area contributed by atoms with Gasteiger partial charge in [0.2, 0.25) is 0 Å². The molecule has 1 aromatic carbocycles. The zero-order chi connectivity index (χ0) is 10.9. The summed E-state index contributed by atoms with van der Waals surface area (Å²) in [7, 11) is 0. The van der Waals surface area contributed by atoms with E-state index in [0.717, 1.165) is 29.3 Å². The van der Waals surface area contributed by atoms with Gasteiger partial charge in [-0.25, -0.2) is 0 Å². The van der Waals surface area contributed by atoms with E-state index in [2.05, 4.69) is 22.9 Å². The van der Waals surface area contributed by atoms with Gasteiger partial charge >= 0.3 is 0 Å². The van der Waals surface area contributed by atoms with Gasteiger partial charge in [0.1, 0.15) is 0 Å². The van der Waals surface area contributed by atoms with Crippen LogP contribution in [0, 0.1) is 5.92 Å². The van der Waals surface area contributed by atoms with Crippen LogP contribution in [-0.4, -0.2) is 5.11 Å². The van der Waals surface area contributed by atoms with Gasteiger partial charge < -0.3 is 5.11 Å². The van der Waals surface area contributed by atoms with E-state index in [1.807, 2.05) is 24.3 Å². The van der Waals surface area contributed by atoms with Crippen LogP contribution in [0.15, 0.2) is 28.7 Å². The van der Waals surface area contributed by atoms with Gasteiger partial charge in [-0.05, 0) is 36.8 Å². The van der Waals surface area contributed by atoms with Crippen molar-refractivity contribution in [2.75, 3.05) is 0 Å². The van der Waals surface area contributed by atoms with Crippen molar-refractivity contribution in [1.29, 1.82) is 0 Å². The number of hydrogen-bond donors (Lipinski definition) is 1. The highest BCUT2D eigenvalue weighted by Crippen LogP contribution is 2.42. The molecule has 0 unspecified atom stereocenters. The van der Waals surface area contributed by atoms with E-state index in [1.54, 1.807) is 0 Å². The molecule has 1 aromatic rings. The predicted molar refractivity (Wildman–Crippen MR) is 65.7 cm³/mol. The molecule has 0 bridgehead atoms. The lowest BCUT2D eigenvalue weighted by Gasteiger charge is -2.36. The Kier molecular flexibility index (Phi) is 3.17. The van der Waals surface area contributed by atoms with Crippen LogP contribution in [0.25, 0.3) is 0 Å². The van der Waals surface area contributed by atoms with Crippen molar-refractivity contribution in [3.8, 4) is 0 Å². The number of rotatable bonds is 1. The summed E-state index contributed by atoms with van der Waals surface area (Å²) in [5.41, 5.74) is 0.439. The zero-order valence-electron chi connectivity index (χ0n) is 9.04. The summed E-state index contributed by atoms with van der Waals surface area (Å²) in [6, 6.07) is 8.02. The summed E-state index contributed by atoms with van der Waals surface area (Å²) in [5, 5.41) is 10.7. The first-order chi connectivity index (χ1) is 7.12. The standard InChI is InChI=1S/C13H17BrO/c1-10-5-4-8-13(15,9-10)11-6-2-3-7-12(11)14/h2-3,6-7,10,15H,4-5,8-9H2,1H3/t10-,13-/m0/s1. The van der Waals surface area contributed by atoms with E-state index in [1.165, 1.54) is 6.42 Å². The average molecular weight is 269 g/mol. The molecule has 2 heteroatoms. The lowest BCUT2D eigenvalue weighted by molar-refractivity contribution is -0.0184.